The van der Waals surface area contributed by atoms with Gasteiger partial charge in [0, 0.05) is 0 Å². The number of rotatable bonds is 5. The van der Waals surface area contributed by atoms with Gasteiger partial charge in [0.05, 0.1) is 18.8 Å². The molecule has 1 aromatic heterocycles. The van der Waals surface area contributed by atoms with Crippen molar-refractivity contribution in [3.05, 3.63) is 58.3 Å². The van der Waals surface area contributed by atoms with Crippen molar-refractivity contribution < 1.29 is 14.3 Å². The highest BCUT2D eigenvalue weighted by Crippen LogP contribution is 2.31. The van der Waals surface area contributed by atoms with Crippen LogP contribution in [0.2, 0.25) is 10.3 Å². The first-order chi connectivity index (χ1) is 11.5. The summed E-state index contributed by atoms with van der Waals surface area (Å²) in [6.45, 7) is 3.04. The number of pyridine rings is 1. The van der Waals surface area contributed by atoms with Crippen molar-refractivity contribution in [1.29, 1.82) is 0 Å². The van der Waals surface area contributed by atoms with E-state index in [9.17, 15) is 4.79 Å². The van der Waals surface area contributed by atoms with Crippen molar-refractivity contribution in [1.82, 2.24) is 4.98 Å². The fourth-order valence-electron chi connectivity index (χ4n) is 2.22. The van der Waals surface area contributed by atoms with Crippen LogP contribution in [0.25, 0.3) is 0 Å². The summed E-state index contributed by atoms with van der Waals surface area (Å²) >= 11 is 11.9. The van der Waals surface area contributed by atoms with Crippen molar-refractivity contribution in [2.75, 3.05) is 18.1 Å². The van der Waals surface area contributed by atoms with E-state index < -0.39 is 6.09 Å². The standard InChI is InChI=1S/C17H16Cl2N2O3/c1-17(11-24-17)10-21(13-7-14(18)20-15(19)8-13)16(22)23-9-12-5-3-2-4-6-12/h2-8H,9-11H2,1H3. The summed E-state index contributed by atoms with van der Waals surface area (Å²) in [5, 5.41) is 0.417. The zero-order chi connectivity index (χ0) is 17.2. The Morgan fingerprint density at radius 3 is 2.50 bits per heavy atom. The van der Waals surface area contributed by atoms with Crippen molar-refractivity contribution in [3.63, 3.8) is 0 Å². The number of ether oxygens (including phenoxy) is 2. The predicted molar refractivity (Wildman–Crippen MR) is 92.6 cm³/mol. The van der Waals surface area contributed by atoms with Gasteiger partial charge in [0.2, 0.25) is 0 Å². The molecule has 1 unspecified atom stereocenters. The van der Waals surface area contributed by atoms with Gasteiger partial charge in [0.25, 0.3) is 0 Å². The van der Waals surface area contributed by atoms with Crippen LogP contribution in [0.1, 0.15) is 12.5 Å². The second-order valence-corrected chi connectivity index (χ2v) is 6.61. The summed E-state index contributed by atoms with van der Waals surface area (Å²) in [6.07, 6.45) is -0.492. The molecule has 1 saturated heterocycles. The molecule has 0 spiro atoms. The third-order valence-electron chi connectivity index (χ3n) is 3.61. The average molecular weight is 367 g/mol. The minimum absolute atomic E-state index is 0.181. The monoisotopic (exact) mass is 366 g/mol. The molecule has 5 nitrogen and oxygen atoms in total. The van der Waals surface area contributed by atoms with Gasteiger partial charge in [-0.3, -0.25) is 4.90 Å². The highest BCUT2D eigenvalue weighted by Gasteiger charge is 2.43. The van der Waals surface area contributed by atoms with Crippen LogP contribution in [0.3, 0.4) is 0 Å². The van der Waals surface area contributed by atoms with E-state index >= 15 is 0 Å². The van der Waals surface area contributed by atoms with Crippen LogP contribution in [0.5, 0.6) is 0 Å². The Morgan fingerprint density at radius 1 is 1.29 bits per heavy atom. The predicted octanol–water partition coefficient (Wildman–Crippen LogP) is 4.32. The van der Waals surface area contributed by atoms with Crippen LogP contribution < -0.4 is 4.90 Å². The Hall–Kier alpha value is -1.82. The number of carbonyl (C=O) groups excluding carboxylic acids is 1. The van der Waals surface area contributed by atoms with Crippen LogP contribution >= 0.6 is 23.2 Å². The number of anilines is 1. The zero-order valence-electron chi connectivity index (χ0n) is 13.0. The van der Waals surface area contributed by atoms with Gasteiger partial charge in [-0.05, 0) is 24.6 Å². The highest BCUT2D eigenvalue weighted by molar-refractivity contribution is 6.33. The molecule has 2 heterocycles. The number of nitrogens with zero attached hydrogens (tertiary/aromatic N) is 2. The molecule has 1 fully saturated rings. The van der Waals surface area contributed by atoms with Crippen LogP contribution in [-0.2, 0) is 16.1 Å². The molecule has 1 aliphatic heterocycles. The molecule has 3 rings (SSSR count). The summed E-state index contributed by atoms with van der Waals surface area (Å²) in [6, 6.07) is 12.6. The van der Waals surface area contributed by atoms with Gasteiger partial charge in [0.1, 0.15) is 22.5 Å². The second-order valence-electron chi connectivity index (χ2n) is 5.84. The molecule has 0 N–H and O–H groups in total. The Bertz CT molecular complexity index is 716. The highest BCUT2D eigenvalue weighted by atomic mass is 35.5. The molecule has 0 bridgehead atoms. The lowest BCUT2D eigenvalue weighted by Crippen LogP contribution is -2.38. The Kier molecular flexibility index (Phi) is 4.94. The van der Waals surface area contributed by atoms with Gasteiger partial charge in [-0.2, -0.15) is 0 Å². The lowest BCUT2D eigenvalue weighted by atomic mass is 10.2. The quantitative estimate of drug-likeness (QED) is 0.583. The molecule has 0 aliphatic carbocycles. The first-order valence-electron chi connectivity index (χ1n) is 7.40. The number of aromatic nitrogens is 1. The lowest BCUT2D eigenvalue weighted by Gasteiger charge is -2.24. The Labute approximate surface area is 150 Å². The fourth-order valence-corrected chi connectivity index (χ4v) is 2.66. The van der Waals surface area contributed by atoms with Gasteiger partial charge < -0.3 is 9.47 Å². The number of hydrogen-bond donors (Lipinski definition) is 0. The summed E-state index contributed by atoms with van der Waals surface area (Å²) < 4.78 is 10.8. The van der Waals surface area contributed by atoms with Crippen LogP contribution in [0, 0.1) is 0 Å². The van der Waals surface area contributed by atoms with E-state index in [1.54, 1.807) is 12.1 Å². The molecular weight excluding hydrogens is 351 g/mol. The number of hydrogen-bond acceptors (Lipinski definition) is 4. The molecule has 24 heavy (non-hydrogen) atoms. The van der Waals surface area contributed by atoms with E-state index in [4.69, 9.17) is 32.7 Å². The number of amides is 1. The van der Waals surface area contributed by atoms with E-state index in [1.165, 1.54) is 4.90 Å². The third kappa shape index (κ3) is 4.38. The average Bonchev–Trinajstić information content (AvgIpc) is 3.28. The smallest absolute Gasteiger partial charge is 0.414 e. The molecule has 7 heteroatoms. The minimum Gasteiger partial charge on any atom is -0.444 e. The van der Waals surface area contributed by atoms with E-state index in [2.05, 4.69) is 4.98 Å². The normalized spacial score (nSPS) is 19.0. The van der Waals surface area contributed by atoms with Crippen molar-refractivity contribution in [2.24, 2.45) is 0 Å². The molecule has 1 atom stereocenters. The summed E-state index contributed by atoms with van der Waals surface area (Å²) in [5.41, 5.74) is 1.05. The minimum atomic E-state index is -0.492. The number of halogens is 2. The SMILES string of the molecule is CC1(CN(C(=O)OCc2ccccc2)c2cc(Cl)nc(Cl)c2)CO1. The molecule has 1 amide bonds. The van der Waals surface area contributed by atoms with Crippen molar-refractivity contribution >= 4 is 35.0 Å². The Morgan fingerprint density at radius 2 is 1.92 bits per heavy atom. The number of benzene rings is 1. The molecule has 126 valence electrons. The number of epoxide rings is 1. The maximum absolute atomic E-state index is 12.6. The molecule has 1 aromatic carbocycles. The van der Waals surface area contributed by atoms with Crippen LogP contribution in [0.4, 0.5) is 10.5 Å². The maximum atomic E-state index is 12.6. The third-order valence-corrected chi connectivity index (χ3v) is 4.00. The van der Waals surface area contributed by atoms with Crippen molar-refractivity contribution in [3.8, 4) is 0 Å². The van der Waals surface area contributed by atoms with Gasteiger partial charge in [-0.1, -0.05) is 53.5 Å². The van der Waals surface area contributed by atoms with Crippen molar-refractivity contribution in [2.45, 2.75) is 19.1 Å². The fraction of sp³-hybridized carbons (Fsp3) is 0.294. The van der Waals surface area contributed by atoms with Gasteiger partial charge in [-0.15, -0.1) is 0 Å². The molecule has 2 aromatic rings. The maximum Gasteiger partial charge on any atom is 0.414 e. The van der Waals surface area contributed by atoms with Gasteiger partial charge >= 0.3 is 6.09 Å². The van der Waals surface area contributed by atoms with E-state index in [0.29, 0.717) is 18.8 Å². The molecule has 0 saturated carbocycles. The lowest BCUT2D eigenvalue weighted by molar-refractivity contribution is 0.145. The Balaban J connectivity index is 1.77. The van der Waals surface area contributed by atoms with Crippen LogP contribution in [-0.4, -0.2) is 29.8 Å². The van der Waals surface area contributed by atoms with E-state index in [0.717, 1.165) is 5.56 Å². The molecular formula is C17H16Cl2N2O3. The summed E-state index contributed by atoms with van der Waals surface area (Å²) in [4.78, 5) is 18.0. The van der Waals surface area contributed by atoms with Crippen LogP contribution in [0.15, 0.2) is 42.5 Å². The summed E-state index contributed by atoms with van der Waals surface area (Å²) in [7, 11) is 0. The van der Waals surface area contributed by atoms with E-state index in [-0.39, 0.29) is 22.5 Å². The van der Waals surface area contributed by atoms with Gasteiger partial charge in [0.15, 0.2) is 0 Å². The topological polar surface area (TPSA) is 55.0 Å². The van der Waals surface area contributed by atoms with Gasteiger partial charge in [-0.25, -0.2) is 9.78 Å². The zero-order valence-corrected chi connectivity index (χ0v) is 14.5. The summed E-state index contributed by atoms with van der Waals surface area (Å²) in [5.74, 6) is 0. The molecule has 0 radical (unpaired) electrons. The first-order valence-corrected chi connectivity index (χ1v) is 8.16. The second kappa shape index (κ2) is 6.97. The molecule has 1 aliphatic rings. The first kappa shape index (κ1) is 17.0. The van der Waals surface area contributed by atoms with E-state index in [1.807, 2.05) is 37.3 Å². The largest absolute Gasteiger partial charge is 0.444 e. The number of carbonyl (C=O) groups is 1.